The van der Waals surface area contributed by atoms with Crippen LogP contribution in [0.1, 0.15) is 12.6 Å². The lowest BCUT2D eigenvalue weighted by Gasteiger charge is -2.21. The number of rotatable bonds is 6. The Morgan fingerprint density at radius 3 is 2.64 bits per heavy atom. The number of hydrogen-bond donors (Lipinski definition) is 4. The van der Waals surface area contributed by atoms with Crippen molar-refractivity contribution in [2.75, 3.05) is 5.73 Å². The molecule has 1 aromatic carbocycles. The molecule has 0 radical (unpaired) electrons. The number of alkyl halides is 1. The summed E-state index contributed by atoms with van der Waals surface area (Å²) >= 11 is 0. The van der Waals surface area contributed by atoms with Gasteiger partial charge in [0.05, 0.1) is 6.10 Å². The van der Waals surface area contributed by atoms with Gasteiger partial charge in [-0.15, -0.1) is 0 Å². The van der Waals surface area contributed by atoms with Gasteiger partial charge in [-0.3, -0.25) is 19.2 Å². The van der Waals surface area contributed by atoms with Crippen molar-refractivity contribution in [3.63, 3.8) is 0 Å². The van der Waals surface area contributed by atoms with E-state index in [0.29, 0.717) is 5.69 Å². The maximum Gasteiger partial charge on any atom is 0.530 e. The largest absolute Gasteiger partial charge is 0.530 e. The van der Waals surface area contributed by atoms with Gasteiger partial charge in [-0.05, 0) is 24.3 Å². The van der Waals surface area contributed by atoms with Crippen molar-refractivity contribution in [3.05, 3.63) is 57.4 Å². The topological polar surface area (TPSA) is 166 Å². The zero-order chi connectivity index (χ0) is 20.5. The van der Waals surface area contributed by atoms with Crippen molar-refractivity contribution < 1.29 is 32.7 Å². The van der Waals surface area contributed by atoms with Crippen LogP contribution in [-0.2, 0) is 13.8 Å². The summed E-state index contributed by atoms with van der Waals surface area (Å²) in [6.07, 6.45) is -5.86. The minimum absolute atomic E-state index is 0.0854. The molecule has 28 heavy (non-hydrogen) atoms. The Balaban J connectivity index is 1.67. The highest BCUT2D eigenvalue weighted by Gasteiger charge is 2.44. The summed E-state index contributed by atoms with van der Waals surface area (Å²) in [5.74, 6) is -0.0854. The van der Waals surface area contributed by atoms with Gasteiger partial charge in [0, 0.05) is 24.4 Å². The van der Waals surface area contributed by atoms with Crippen molar-refractivity contribution in [2.45, 2.75) is 31.2 Å². The number of nitrogens with one attached hydrogen (secondary N) is 1. The fourth-order valence-corrected chi connectivity index (χ4v) is 3.41. The van der Waals surface area contributed by atoms with Gasteiger partial charge in [-0.1, -0.05) is 0 Å². The molecule has 0 spiro atoms. The second-order valence-electron chi connectivity index (χ2n) is 5.96. The van der Waals surface area contributed by atoms with E-state index in [1.807, 2.05) is 4.98 Å². The number of anilines is 1. The number of halogens is 1. The summed E-state index contributed by atoms with van der Waals surface area (Å²) in [7, 11) is -4.90. The standard InChI is InChI=1S/C15H17FN3O8P/c16-14(27-28(23,24)26-9-3-1-8(17)2-4-9)13-10(20)7-12(25-13)19-6-5-11(21)18-15(19)22/h1-6,10,12-14,20H,7,17H2,(H,23,24)(H,18,21,22)/t10-,12+,13-,14?/m0/s1. The molecule has 0 bridgehead atoms. The lowest BCUT2D eigenvalue weighted by Crippen LogP contribution is -2.34. The Bertz CT molecular complexity index is 994. The summed E-state index contributed by atoms with van der Waals surface area (Å²) in [4.78, 5) is 34.6. The second kappa shape index (κ2) is 7.86. The molecule has 3 rings (SSSR count). The number of phosphoric ester groups is 1. The van der Waals surface area contributed by atoms with Crippen LogP contribution in [0.2, 0.25) is 0 Å². The van der Waals surface area contributed by atoms with Gasteiger partial charge in [-0.2, -0.15) is 0 Å². The van der Waals surface area contributed by atoms with E-state index in [2.05, 4.69) is 4.52 Å². The Morgan fingerprint density at radius 2 is 2.00 bits per heavy atom. The molecule has 1 aliphatic rings. The Labute approximate surface area is 156 Å². The third kappa shape index (κ3) is 4.66. The first-order valence-corrected chi connectivity index (χ1v) is 9.49. The number of nitrogen functional groups attached to an aromatic ring is 1. The molecule has 11 nitrogen and oxygen atoms in total. The van der Waals surface area contributed by atoms with Gasteiger partial charge in [0.1, 0.15) is 18.1 Å². The molecule has 152 valence electrons. The third-order valence-corrected chi connectivity index (χ3v) is 4.80. The Morgan fingerprint density at radius 1 is 1.32 bits per heavy atom. The van der Waals surface area contributed by atoms with Gasteiger partial charge in [0.15, 0.2) is 0 Å². The number of aromatic nitrogens is 2. The van der Waals surface area contributed by atoms with E-state index in [1.165, 1.54) is 24.3 Å². The summed E-state index contributed by atoms with van der Waals surface area (Å²) in [6.45, 7) is 0. The number of nitrogens with zero attached hydrogens (tertiary/aromatic N) is 1. The van der Waals surface area contributed by atoms with Gasteiger partial charge in [0.25, 0.3) is 5.56 Å². The first-order chi connectivity index (χ1) is 13.1. The Kier molecular flexibility index (Phi) is 5.68. The highest BCUT2D eigenvalue weighted by atomic mass is 31.2. The monoisotopic (exact) mass is 417 g/mol. The summed E-state index contributed by atoms with van der Waals surface area (Å²) in [5.41, 5.74) is 4.41. The molecule has 13 heteroatoms. The minimum atomic E-state index is -4.90. The normalized spacial score (nSPS) is 25.2. The number of aliphatic hydroxyl groups is 1. The van der Waals surface area contributed by atoms with Crippen LogP contribution in [0.15, 0.2) is 46.1 Å². The number of nitrogens with two attached hydrogens (primary N) is 1. The molecule has 1 fully saturated rings. The number of ether oxygens (including phenoxy) is 1. The highest BCUT2D eigenvalue weighted by molar-refractivity contribution is 7.47. The molecular weight excluding hydrogens is 400 g/mol. The van der Waals surface area contributed by atoms with Crippen LogP contribution >= 0.6 is 7.82 Å². The average molecular weight is 417 g/mol. The van der Waals surface area contributed by atoms with Crippen molar-refractivity contribution in [1.29, 1.82) is 0 Å². The van der Waals surface area contributed by atoms with E-state index in [9.17, 15) is 28.5 Å². The second-order valence-corrected chi connectivity index (χ2v) is 7.29. The summed E-state index contributed by atoms with van der Waals surface area (Å²) in [6, 6.07) is 6.43. The van der Waals surface area contributed by atoms with Crippen molar-refractivity contribution >= 4 is 13.5 Å². The molecule has 0 amide bonds. The van der Waals surface area contributed by atoms with Gasteiger partial charge in [-0.25, -0.2) is 18.3 Å². The van der Waals surface area contributed by atoms with E-state index in [-0.39, 0.29) is 12.2 Å². The van der Waals surface area contributed by atoms with Gasteiger partial charge < -0.3 is 20.1 Å². The SMILES string of the molecule is Nc1ccc(OP(=O)(O)OC(F)[C@H]2O[C@@H](n3ccc(=O)[nH]c3=O)C[C@@H]2O)cc1. The van der Waals surface area contributed by atoms with E-state index in [1.54, 1.807) is 0 Å². The van der Waals surface area contributed by atoms with E-state index >= 15 is 0 Å². The quantitative estimate of drug-likeness (QED) is 0.381. The molecule has 0 saturated carbocycles. The molecule has 2 unspecified atom stereocenters. The van der Waals surface area contributed by atoms with E-state index in [0.717, 1.165) is 16.8 Å². The van der Waals surface area contributed by atoms with Crippen LogP contribution in [0.4, 0.5) is 10.1 Å². The zero-order valence-electron chi connectivity index (χ0n) is 14.2. The van der Waals surface area contributed by atoms with Crippen LogP contribution in [0, 0.1) is 0 Å². The third-order valence-electron chi connectivity index (χ3n) is 3.89. The number of aliphatic hydroxyl groups excluding tert-OH is 1. The molecule has 1 aromatic heterocycles. The molecule has 0 aliphatic carbocycles. The van der Waals surface area contributed by atoms with Crippen LogP contribution in [0.25, 0.3) is 0 Å². The Hall–Kier alpha value is -2.50. The molecule has 2 aromatic rings. The van der Waals surface area contributed by atoms with Crippen LogP contribution in [-0.4, -0.2) is 38.1 Å². The lowest BCUT2D eigenvalue weighted by atomic mass is 10.2. The predicted molar refractivity (Wildman–Crippen MR) is 93.1 cm³/mol. The van der Waals surface area contributed by atoms with Crippen molar-refractivity contribution in [1.82, 2.24) is 9.55 Å². The first-order valence-electron chi connectivity index (χ1n) is 8.00. The minimum Gasteiger partial charge on any atom is -0.404 e. The molecular formula is C15H17FN3O8P. The van der Waals surface area contributed by atoms with E-state index in [4.69, 9.17) is 15.0 Å². The predicted octanol–water partition coefficient (Wildman–Crippen LogP) is 0.259. The number of hydrogen-bond acceptors (Lipinski definition) is 8. The molecule has 5 atom stereocenters. The molecule has 1 aliphatic heterocycles. The lowest BCUT2D eigenvalue weighted by molar-refractivity contribution is -0.125. The number of H-pyrrole nitrogens is 1. The highest BCUT2D eigenvalue weighted by Crippen LogP contribution is 2.47. The average Bonchev–Trinajstić information content (AvgIpc) is 2.98. The van der Waals surface area contributed by atoms with Crippen LogP contribution in [0.3, 0.4) is 0 Å². The van der Waals surface area contributed by atoms with Crippen LogP contribution < -0.4 is 21.5 Å². The first kappa shape index (κ1) is 20.2. The summed E-state index contributed by atoms with van der Waals surface area (Å²) in [5, 5.41) is 10.00. The van der Waals surface area contributed by atoms with Crippen molar-refractivity contribution in [3.8, 4) is 5.75 Å². The van der Waals surface area contributed by atoms with Gasteiger partial charge >= 0.3 is 13.5 Å². The maximum atomic E-state index is 14.4. The van der Waals surface area contributed by atoms with Crippen molar-refractivity contribution in [2.24, 2.45) is 0 Å². The van der Waals surface area contributed by atoms with Gasteiger partial charge in [0.2, 0.25) is 6.36 Å². The fraction of sp³-hybridized carbons (Fsp3) is 0.333. The number of aromatic amines is 1. The smallest absolute Gasteiger partial charge is 0.404 e. The van der Waals surface area contributed by atoms with E-state index < -0.39 is 43.9 Å². The fourth-order valence-electron chi connectivity index (χ4n) is 2.61. The number of phosphoric acid groups is 1. The summed E-state index contributed by atoms with van der Waals surface area (Å²) < 4.78 is 41.7. The molecule has 1 saturated heterocycles. The molecule has 5 N–H and O–H groups in total. The maximum absolute atomic E-state index is 14.4. The zero-order valence-corrected chi connectivity index (χ0v) is 15.1. The van der Waals surface area contributed by atoms with Crippen LogP contribution in [0.5, 0.6) is 5.75 Å². The number of benzene rings is 1. The molecule has 2 heterocycles.